The third kappa shape index (κ3) is 5.62. The Morgan fingerprint density at radius 3 is 2.26 bits per heavy atom. The molecule has 0 aliphatic carbocycles. The number of likely N-dealkylation sites (tertiary alicyclic amines) is 1. The number of hydrogen-bond donors (Lipinski definition) is 1. The Kier molecular flexibility index (Phi) is 7.54. The molecule has 0 spiro atoms. The molecule has 0 radical (unpaired) electrons. The number of halogens is 2. The predicted octanol–water partition coefficient (Wildman–Crippen LogP) is 6.97. The molecule has 0 bridgehead atoms. The summed E-state index contributed by atoms with van der Waals surface area (Å²) in [5.74, 6) is 0.0769. The fourth-order valence-corrected chi connectivity index (χ4v) is 5.14. The molecule has 1 aromatic heterocycles. The topological polar surface area (TPSA) is 67.2 Å². The molecule has 0 unspecified atom stereocenters. The highest BCUT2D eigenvalue weighted by Gasteiger charge is 2.25. The van der Waals surface area contributed by atoms with E-state index in [0.29, 0.717) is 45.9 Å². The van der Waals surface area contributed by atoms with E-state index in [0.717, 1.165) is 29.5 Å². The standard InChI is InChI=1S/C30H28Cl2N4O2/c1-19-3-4-24(16-28(19)34-29(37)23-9-10-26(31)27(32)15-23)30(38)36-13-11-22(12-14-36)20-5-7-21(8-6-20)25-17-33-35(2)18-25/h3-10,15-18,22H,11-14H2,1-2H3,(H,34,37). The molecule has 1 saturated heterocycles. The van der Waals surface area contributed by atoms with Crippen molar-refractivity contribution < 1.29 is 9.59 Å². The van der Waals surface area contributed by atoms with Gasteiger partial charge in [0.2, 0.25) is 0 Å². The lowest BCUT2D eigenvalue weighted by molar-refractivity contribution is 0.0712. The number of carbonyl (C=O) groups excluding carboxylic acids is 2. The first kappa shape index (κ1) is 26.0. The molecule has 1 fully saturated rings. The van der Waals surface area contributed by atoms with Crippen LogP contribution in [0.4, 0.5) is 5.69 Å². The van der Waals surface area contributed by atoms with E-state index in [1.807, 2.05) is 43.4 Å². The summed E-state index contributed by atoms with van der Waals surface area (Å²) in [5.41, 5.74) is 5.96. The number of carbonyl (C=O) groups is 2. The van der Waals surface area contributed by atoms with Crippen molar-refractivity contribution in [1.29, 1.82) is 0 Å². The van der Waals surface area contributed by atoms with Crippen LogP contribution in [0, 0.1) is 6.92 Å². The van der Waals surface area contributed by atoms with Gasteiger partial charge in [-0.05, 0) is 72.7 Å². The van der Waals surface area contributed by atoms with Crippen LogP contribution in [0.5, 0.6) is 0 Å². The van der Waals surface area contributed by atoms with E-state index >= 15 is 0 Å². The molecule has 194 valence electrons. The monoisotopic (exact) mass is 546 g/mol. The van der Waals surface area contributed by atoms with Gasteiger partial charge in [0.15, 0.2) is 0 Å². The van der Waals surface area contributed by atoms with Crippen LogP contribution >= 0.6 is 23.2 Å². The smallest absolute Gasteiger partial charge is 0.255 e. The lowest BCUT2D eigenvalue weighted by Crippen LogP contribution is -2.38. The Balaban J connectivity index is 1.22. The zero-order chi connectivity index (χ0) is 26.8. The third-order valence-corrected chi connectivity index (χ3v) is 7.86. The van der Waals surface area contributed by atoms with Gasteiger partial charge >= 0.3 is 0 Å². The molecule has 38 heavy (non-hydrogen) atoms. The fourth-order valence-electron chi connectivity index (χ4n) is 4.84. The van der Waals surface area contributed by atoms with Gasteiger partial charge in [0, 0.05) is 48.7 Å². The molecule has 3 aromatic carbocycles. The maximum atomic E-state index is 13.3. The second-order valence-corrected chi connectivity index (χ2v) is 10.5. The molecule has 2 amide bonds. The molecule has 1 aliphatic rings. The molecule has 8 heteroatoms. The minimum absolute atomic E-state index is 0.0274. The maximum Gasteiger partial charge on any atom is 0.255 e. The van der Waals surface area contributed by atoms with Crippen molar-refractivity contribution in [3.63, 3.8) is 0 Å². The van der Waals surface area contributed by atoms with Gasteiger partial charge in [0.25, 0.3) is 11.8 Å². The average Bonchev–Trinajstić information content (AvgIpc) is 3.37. The van der Waals surface area contributed by atoms with Crippen LogP contribution < -0.4 is 5.32 Å². The SMILES string of the molecule is Cc1ccc(C(=O)N2CCC(c3ccc(-c4cnn(C)c4)cc3)CC2)cc1NC(=O)c1ccc(Cl)c(Cl)c1. The van der Waals surface area contributed by atoms with Crippen molar-refractivity contribution in [3.05, 3.63) is 105 Å². The van der Waals surface area contributed by atoms with Gasteiger partial charge in [0.05, 0.1) is 16.2 Å². The van der Waals surface area contributed by atoms with Gasteiger partial charge < -0.3 is 10.2 Å². The van der Waals surface area contributed by atoms with E-state index < -0.39 is 0 Å². The van der Waals surface area contributed by atoms with Gasteiger partial charge in [-0.25, -0.2) is 0 Å². The summed E-state index contributed by atoms with van der Waals surface area (Å²) in [6.45, 7) is 3.27. The summed E-state index contributed by atoms with van der Waals surface area (Å²) in [5, 5.41) is 7.85. The van der Waals surface area contributed by atoms with E-state index in [9.17, 15) is 9.59 Å². The number of benzene rings is 3. The molecule has 1 aliphatic heterocycles. The molecule has 0 saturated carbocycles. The second-order valence-electron chi connectivity index (χ2n) is 9.70. The fraction of sp³-hybridized carbons (Fsp3) is 0.233. The van der Waals surface area contributed by atoms with Gasteiger partial charge in [0.1, 0.15) is 0 Å². The third-order valence-electron chi connectivity index (χ3n) is 7.12. The van der Waals surface area contributed by atoms with E-state index in [1.165, 1.54) is 11.6 Å². The van der Waals surface area contributed by atoms with Crippen LogP contribution in [0.3, 0.4) is 0 Å². The number of nitrogens with one attached hydrogen (secondary N) is 1. The van der Waals surface area contributed by atoms with Crippen LogP contribution in [0.2, 0.25) is 10.0 Å². The molecular weight excluding hydrogens is 519 g/mol. The highest BCUT2D eigenvalue weighted by Crippen LogP contribution is 2.31. The first-order valence-electron chi connectivity index (χ1n) is 12.5. The van der Waals surface area contributed by atoms with E-state index in [4.69, 9.17) is 23.2 Å². The Morgan fingerprint density at radius 1 is 0.895 bits per heavy atom. The molecule has 6 nitrogen and oxygen atoms in total. The zero-order valence-electron chi connectivity index (χ0n) is 21.2. The number of aromatic nitrogens is 2. The molecule has 4 aromatic rings. The summed E-state index contributed by atoms with van der Waals surface area (Å²) in [7, 11) is 1.91. The van der Waals surface area contributed by atoms with Crippen molar-refractivity contribution in [2.75, 3.05) is 18.4 Å². The number of piperidine rings is 1. The summed E-state index contributed by atoms with van der Waals surface area (Å²) >= 11 is 12.0. The van der Waals surface area contributed by atoms with Crippen molar-refractivity contribution in [2.24, 2.45) is 7.05 Å². The van der Waals surface area contributed by atoms with E-state index in [1.54, 1.807) is 22.9 Å². The van der Waals surface area contributed by atoms with Gasteiger partial charge in [-0.2, -0.15) is 5.10 Å². The van der Waals surface area contributed by atoms with Crippen molar-refractivity contribution in [3.8, 4) is 11.1 Å². The summed E-state index contributed by atoms with van der Waals surface area (Å²) in [4.78, 5) is 28.0. The summed E-state index contributed by atoms with van der Waals surface area (Å²) in [6, 6.07) is 18.8. The molecule has 0 atom stereocenters. The minimum atomic E-state index is -0.313. The molecular formula is C30H28Cl2N4O2. The number of rotatable bonds is 5. The predicted molar refractivity (Wildman–Crippen MR) is 152 cm³/mol. The number of aryl methyl sites for hydroxylation is 2. The highest BCUT2D eigenvalue weighted by molar-refractivity contribution is 6.42. The van der Waals surface area contributed by atoms with Crippen LogP contribution in [-0.2, 0) is 7.05 Å². The number of amides is 2. The first-order chi connectivity index (χ1) is 18.3. The molecule has 1 N–H and O–H groups in total. The number of anilines is 1. The Morgan fingerprint density at radius 2 is 1.61 bits per heavy atom. The quantitative estimate of drug-likeness (QED) is 0.293. The van der Waals surface area contributed by atoms with Crippen molar-refractivity contribution in [2.45, 2.75) is 25.7 Å². The molecule has 5 rings (SSSR count). The lowest BCUT2D eigenvalue weighted by Gasteiger charge is -2.32. The highest BCUT2D eigenvalue weighted by atomic mass is 35.5. The largest absolute Gasteiger partial charge is 0.339 e. The van der Waals surface area contributed by atoms with Gasteiger partial charge in [-0.3, -0.25) is 14.3 Å². The number of hydrogen-bond acceptors (Lipinski definition) is 3. The van der Waals surface area contributed by atoms with Crippen LogP contribution in [0.1, 0.15) is 50.6 Å². The number of nitrogens with zero attached hydrogens (tertiary/aromatic N) is 3. The average molecular weight is 547 g/mol. The lowest BCUT2D eigenvalue weighted by atomic mass is 9.88. The van der Waals surface area contributed by atoms with Crippen LogP contribution in [0.25, 0.3) is 11.1 Å². The summed E-state index contributed by atoms with van der Waals surface area (Å²) < 4.78 is 1.80. The van der Waals surface area contributed by atoms with Gasteiger partial charge in [-0.1, -0.05) is 53.5 Å². The normalized spacial score (nSPS) is 13.9. The van der Waals surface area contributed by atoms with E-state index in [-0.39, 0.29) is 11.8 Å². The van der Waals surface area contributed by atoms with Gasteiger partial charge in [-0.15, -0.1) is 0 Å². The first-order valence-corrected chi connectivity index (χ1v) is 13.3. The van der Waals surface area contributed by atoms with Crippen LogP contribution in [-0.4, -0.2) is 39.6 Å². The minimum Gasteiger partial charge on any atom is -0.339 e. The Labute approximate surface area is 232 Å². The van der Waals surface area contributed by atoms with Crippen LogP contribution in [0.15, 0.2) is 73.1 Å². The van der Waals surface area contributed by atoms with E-state index in [2.05, 4.69) is 34.7 Å². The van der Waals surface area contributed by atoms with Crippen molar-refractivity contribution >= 4 is 40.7 Å². The Bertz CT molecular complexity index is 1490. The van der Waals surface area contributed by atoms with Crippen molar-refractivity contribution in [1.82, 2.24) is 14.7 Å². The molecule has 2 heterocycles. The Hall–Kier alpha value is -3.61. The zero-order valence-corrected chi connectivity index (χ0v) is 22.8. The second kappa shape index (κ2) is 11.0. The summed E-state index contributed by atoms with van der Waals surface area (Å²) in [6.07, 6.45) is 5.69. The maximum absolute atomic E-state index is 13.3.